The lowest BCUT2D eigenvalue weighted by molar-refractivity contribution is -0.129. The molecule has 0 bridgehead atoms. The van der Waals surface area contributed by atoms with Gasteiger partial charge < -0.3 is 10.6 Å². The van der Waals surface area contributed by atoms with Gasteiger partial charge in [0.2, 0.25) is 5.91 Å². The molecule has 3 nitrogen and oxygen atoms in total. The highest BCUT2D eigenvalue weighted by molar-refractivity contribution is 6.30. The fourth-order valence-electron chi connectivity index (χ4n) is 2.18. The van der Waals surface area contributed by atoms with Crippen molar-refractivity contribution in [2.45, 2.75) is 19.5 Å². The Hall–Kier alpha value is -1.84. The molecule has 0 aliphatic rings. The lowest BCUT2D eigenvalue weighted by Gasteiger charge is -2.18. The van der Waals surface area contributed by atoms with E-state index in [9.17, 15) is 4.79 Å². The quantitative estimate of drug-likeness (QED) is 0.923. The van der Waals surface area contributed by atoms with E-state index >= 15 is 0 Å². The zero-order valence-electron chi connectivity index (χ0n) is 12.1. The standard InChI is InChI=1S/C17H19ClN2O/c1-20(12-13-6-8-16(18)9-7-13)17(21)10-14-4-2-3-5-15(14)11-19/h2-9H,10-12,19H2,1H3. The van der Waals surface area contributed by atoms with Crippen LogP contribution in [0, 0.1) is 0 Å². The molecule has 1 amide bonds. The Morgan fingerprint density at radius 3 is 2.33 bits per heavy atom. The maximum atomic E-state index is 12.3. The third-order valence-corrected chi connectivity index (χ3v) is 3.69. The lowest BCUT2D eigenvalue weighted by atomic mass is 10.0. The van der Waals surface area contributed by atoms with Gasteiger partial charge in [-0.3, -0.25) is 4.79 Å². The second kappa shape index (κ2) is 7.25. The number of benzene rings is 2. The van der Waals surface area contributed by atoms with Crippen LogP contribution in [-0.4, -0.2) is 17.9 Å². The maximum absolute atomic E-state index is 12.3. The first kappa shape index (κ1) is 15.5. The van der Waals surface area contributed by atoms with E-state index in [1.54, 1.807) is 4.90 Å². The van der Waals surface area contributed by atoms with Crippen LogP contribution in [0.15, 0.2) is 48.5 Å². The van der Waals surface area contributed by atoms with E-state index in [1.165, 1.54) is 0 Å². The molecule has 2 aromatic carbocycles. The molecule has 0 aliphatic carbocycles. The molecule has 0 aliphatic heterocycles. The second-order valence-electron chi connectivity index (χ2n) is 5.03. The van der Waals surface area contributed by atoms with Crippen molar-refractivity contribution >= 4 is 17.5 Å². The van der Waals surface area contributed by atoms with Gasteiger partial charge in [0.05, 0.1) is 6.42 Å². The molecule has 110 valence electrons. The van der Waals surface area contributed by atoms with Crippen LogP contribution >= 0.6 is 11.6 Å². The fraction of sp³-hybridized carbons (Fsp3) is 0.235. The van der Waals surface area contributed by atoms with E-state index in [0.29, 0.717) is 24.5 Å². The maximum Gasteiger partial charge on any atom is 0.227 e. The largest absolute Gasteiger partial charge is 0.341 e. The van der Waals surface area contributed by atoms with Gasteiger partial charge in [0.25, 0.3) is 0 Å². The average Bonchev–Trinajstić information content (AvgIpc) is 2.50. The minimum Gasteiger partial charge on any atom is -0.341 e. The first-order valence-corrected chi connectivity index (χ1v) is 7.23. The molecule has 0 heterocycles. The minimum absolute atomic E-state index is 0.0749. The van der Waals surface area contributed by atoms with Gasteiger partial charge in [-0.15, -0.1) is 0 Å². The fourth-order valence-corrected chi connectivity index (χ4v) is 2.30. The van der Waals surface area contributed by atoms with Crippen molar-refractivity contribution in [1.29, 1.82) is 0 Å². The number of nitrogens with zero attached hydrogens (tertiary/aromatic N) is 1. The van der Waals surface area contributed by atoms with Crippen molar-refractivity contribution in [2.24, 2.45) is 5.73 Å². The van der Waals surface area contributed by atoms with Crippen LogP contribution in [0.25, 0.3) is 0 Å². The monoisotopic (exact) mass is 302 g/mol. The summed E-state index contributed by atoms with van der Waals surface area (Å²) in [6.07, 6.45) is 0.372. The predicted octanol–water partition coefficient (Wildman–Crippen LogP) is 3.00. The van der Waals surface area contributed by atoms with Gasteiger partial charge in [-0.1, -0.05) is 48.0 Å². The Balaban J connectivity index is 2.01. The van der Waals surface area contributed by atoms with Crippen LogP contribution in [0.2, 0.25) is 5.02 Å². The number of rotatable bonds is 5. The van der Waals surface area contributed by atoms with E-state index in [0.717, 1.165) is 16.7 Å². The van der Waals surface area contributed by atoms with Crippen molar-refractivity contribution in [2.75, 3.05) is 7.05 Å². The van der Waals surface area contributed by atoms with Crippen LogP contribution in [0.5, 0.6) is 0 Å². The highest BCUT2D eigenvalue weighted by Gasteiger charge is 2.12. The molecule has 2 N–H and O–H groups in total. The van der Waals surface area contributed by atoms with Crippen LogP contribution in [0.3, 0.4) is 0 Å². The Morgan fingerprint density at radius 2 is 1.71 bits per heavy atom. The molecule has 0 saturated heterocycles. The molecule has 0 aromatic heterocycles. The van der Waals surface area contributed by atoms with Gasteiger partial charge in [-0.2, -0.15) is 0 Å². The Bertz CT molecular complexity index is 610. The molecule has 0 radical (unpaired) electrons. The minimum atomic E-state index is 0.0749. The van der Waals surface area contributed by atoms with Gasteiger partial charge in [0, 0.05) is 25.2 Å². The van der Waals surface area contributed by atoms with Crippen molar-refractivity contribution in [3.05, 3.63) is 70.2 Å². The molecule has 0 spiro atoms. The topological polar surface area (TPSA) is 46.3 Å². The highest BCUT2D eigenvalue weighted by atomic mass is 35.5. The summed E-state index contributed by atoms with van der Waals surface area (Å²) in [5.74, 6) is 0.0749. The van der Waals surface area contributed by atoms with Crippen molar-refractivity contribution in [1.82, 2.24) is 4.90 Å². The molecule has 0 atom stereocenters. The van der Waals surface area contributed by atoms with Crippen LogP contribution < -0.4 is 5.73 Å². The third-order valence-electron chi connectivity index (χ3n) is 3.44. The second-order valence-corrected chi connectivity index (χ2v) is 5.46. The SMILES string of the molecule is CN(Cc1ccc(Cl)cc1)C(=O)Cc1ccccc1CN. The molecule has 2 rings (SSSR count). The Kier molecular flexibility index (Phi) is 5.37. The summed E-state index contributed by atoms with van der Waals surface area (Å²) in [7, 11) is 1.81. The molecular formula is C17H19ClN2O. The Morgan fingerprint density at radius 1 is 1.10 bits per heavy atom. The average molecular weight is 303 g/mol. The smallest absolute Gasteiger partial charge is 0.227 e. The van der Waals surface area contributed by atoms with Gasteiger partial charge in [0.15, 0.2) is 0 Å². The summed E-state index contributed by atoms with van der Waals surface area (Å²) in [6, 6.07) is 15.3. The number of carbonyl (C=O) groups is 1. The van der Waals surface area contributed by atoms with Crippen LogP contribution in [0.4, 0.5) is 0 Å². The van der Waals surface area contributed by atoms with Crippen molar-refractivity contribution in [3.63, 3.8) is 0 Å². The van der Waals surface area contributed by atoms with Crippen LogP contribution in [0.1, 0.15) is 16.7 Å². The molecule has 4 heteroatoms. The van der Waals surface area contributed by atoms with Gasteiger partial charge in [-0.25, -0.2) is 0 Å². The summed E-state index contributed by atoms with van der Waals surface area (Å²) in [5, 5.41) is 0.699. The molecule has 0 saturated carbocycles. The van der Waals surface area contributed by atoms with Gasteiger partial charge in [-0.05, 0) is 28.8 Å². The first-order chi connectivity index (χ1) is 10.1. The molecule has 0 unspecified atom stereocenters. The number of nitrogens with two attached hydrogens (primary N) is 1. The normalized spacial score (nSPS) is 10.4. The van der Waals surface area contributed by atoms with E-state index in [-0.39, 0.29) is 5.91 Å². The molecular weight excluding hydrogens is 284 g/mol. The number of amides is 1. The van der Waals surface area contributed by atoms with E-state index in [4.69, 9.17) is 17.3 Å². The number of hydrogen-bond acceptors (Lipinski definition) is 2. The number of likely N-dealkylation sites (N-methyl/N-ethyl adjacent to an activating group) is 1. The Labute approximate surface area is 130 Å². The van der Waals surface area contributed by atoms with E-state index in [2.05, 4.69) is 0 Å². The van der Waals surface area contributed by atoms with E-state index in [1.807, 2.05) is 55.6 Å². The lowest BCUT2D eigenvalue weighted by Crippen LogP contribution is -2.28. The number of halogens is 1. The summed E-state index contributed by atoms with van der Waals surface area (Å²) < 4.78 is 0. The number of hydrogen-bond donors (Lipinski definition) is 1. The highest BCUT2D eigenvalue weighted by Crippen LogP contribution is 2.13. The number of carbonyl (C=O) groups excluding carboxylic acids is 1. The van der Waals surface area contributed by atoms with Crippen LogP contribution in [-0.2, 0) is 24.3 Å². The molecule has 21 heavy (non-hydrogen) atoms. The third kappa shape index (κ3) is 4.31. The predicted molar refractivity (Wildman–Crippen MR) is 86.0 cm³/mol. The zero-order valence-corrected chi connectivity index (χ0v) is 12.8. The summed E-state index contributed by atoms with van der Waals surface area (Å²) >= 11 is 5.86. The zero-order chi connectivity index (χ0) is 15.2. The molecule has 2 aromatic rings. The van der Waals surface area contributed by atoms with Crippen molar-refractivity contribution in [3.8, 4) is 0 Å². The summed E-state index contributed by atoms with van der Waals surface area (Å²) in [4.78, 5) is 14.0. The summed E-state index contributed by atoms with van der Waals surface area (Å²) in [6.45, 7) is 1.02. The van der Waals surface area contributed by atoms with Gasteiger partial charge in [0.1, 0.15) is 0 Å². The van der Waals surface area contributed by atoms with Gasteiger partial charge >= 0.3 is 0 Å². The molecule has 0 fully saturated rings. The summed E-state index contributed by atoms with van der Waals surface area (Å²) in [5.41, 5.74) is 8.77. The first-order valence-electron chi connectivity index (χ1n) is 6.85. The van der Waals surface area contributed by atoms with Crippen molar-refractivity contribution < 1.29 is 4.79 Å². The van der Waals surface area contributed by atoms with E-state index < -0.39 is 0 Å².